The monoisotopic (exact) mass is 454 g/mol. The number of carbonyl (C=O) groups is 2. The summed E-state index contributed by atoms with van der Waals surface area (Å²) in [7, 11) is 0. The van der Waals surface area contributed by atoms with Gasteiger partial charge in [-0.15, -0.1) is 0 Å². The summed E-state index contributed by atoms with van der Waals surface area (Å²) in [5.74, 6) is -2.04. The van der Waals surface area contributed by atoms with E-state index >= 15 is 0 Å². The zero-order valence-corrected chi connectivity index (χ0v) is 15.0. The van der Waals surface area contributed by atoms with Crippen LogP contribution in [0.2, 0.25) is 0 Å². The van der Waals surface area contributed by atoms with Crippen LogP contribution in [0, 0.1) is 0 Å². The van der Waals surface area contributed by atoms with Crippen LogP contribution < -0.4 is 10.6 Å². The van der Waals surface area contributed by atoms with Gasteiger partial charge in [0, 0.05) is 0 Å². The predicted octanol–water partition coefficient (Wildman–Crippen LogP) is -1.98. The first-order chi connectivity index (χ1) is 11.1. The number of fused-ring (bicyclic) bond motifs is 5. The van der Waals surface area contributed by atoms with E-state index in [0.717, 1.165) is 6.92 Å². The highest BCUT2D eigenvalue weighted by atomic mass is 127. The maximum absolute atomic E-state index is 12.5. The van der Waals surface area contributed by atoms with E-state index in [2.05, 4.69) is 10.6 Å². The molecule has 3 saturated heterocycles. The Morgan fingerprint density at radius 3 is 2.67 bits per heavy atom. The quantitative estimate of drug-likeness (QED) is 0.270. The topological polar surface area (TPSA) is 148 Å². The van der Waals surface area contributed by atoms with Gasteiger partial charge in [-0.1, -0.05) is 34.7 Å². The molecular weight excluding hydrogens is 435 g/mol. The van der Waals surface area contributed by atoms with Crippen molar-refractivity contribution < 1.29 is 34.8 Å². The van der Waals surface area contributed by atoms with Crippen LogP contribution in [0.4, 0.5) is 0 Å². The third kappa shape index (κ3) is 2.97. The molecule has 2 bridgehead atoms. The lowest BCUT2D eigenvalue weighted by Crippen LogP contribution is -2.82. The molecule has 2 amide bonds. The minimum atomic E-state index is -2.32. The largest absolute Gasteiger partial charge is 0.393 e. The van der Waals surface area contributed by atoms with Crippen molar-refractivity contribution in [1.82, 2.24) is 10.6 Å². The summed E-state index contributed by atoms with van der Waals surface area (Å²) in [4.78, 5) is 24.9. The predicted molar refractivity (Wildman–Crippen MR) is 89.5 cm³/mol. The van der Waals surface area contributed by atoms with Crippen LogP contribution in [0.25, 0.3) is 0 Å². The molecular formula is C14H19IN2O7. The molecule has 0 unspecified atom stereocenters. The van der Waals surface area contributed by atoms with Crippen LogP contribution in [0.1, 0.15) is 13.3 Å². The van der Waals surface area contributed by atoms with E-state index in [0.29, 0.717) is 0 Å². The van der Waals surface area contributed by atoms with Gasteiger partial charge in [0.15, 0.2) is 0 Å². The lowest BCUT2D eigenvalue weighted by Gasteiger charge is -2.49. The maximum atomic E-state index is 12.5. The highest BCUT2D eigenvalue weighted by Crippen LogP contribution is 2.33. The Labute approximate surface area is 151 Å². The number of piperazine rings is 1. The summed E-state index contributed by atoms with van der Waals surface area (Å²) in [6, 6.07) is 0. The number of carbonyl (C=O) groups excluding carboxylic acids is 2. The number of rotatable bonds is 4. The molecule has 0 aromatic heterocycles. The molecule has 0 aromatic rings. The van der Waals surface area contributed by atoms with Crippen molar-refractivity contribution in [3.05, 3.63) is 21.8 Å². The van der Waals surface area contributed by atoms with Crippen LogP contribution in [0.15, 0.2) is 21.8 Å². The molecule has 4 atom stereocenters. The average Bonchev–Trinajstić information content (AvgIpc) is 2.53. The summed E-state index contributed by atoms with van der Waals surface area (Å²) in [5, 5.41) is 44.5. The first-order valence-corrected chi connectivity index (χ1v) is 8.38. The molecule has 3 rings (SSSR count). The lowest BCUT2D eigenvalue weighted by atomic mass is 9.84. The SMILES string of the molecule is C[C@@](O)(CO)[C@@H](O)[C@@]12NC(=O)[C@@](O)(NC1=O)/C(=C/C=C/I)CCO2. The van der Waals surface area contributed by atoms with Crippen LogP contribution in [-0.2, 0) is 14.3 Å². The number of aliphatic hydroxyl groups is 4. The van der Waals surface area contributed by atoms with Crippen molar-refractivity contribution in [3.63, 3.8) is 0 Å². The zero-order chi connectivity index (χ0) is 18.2. The third-order valence-corrected chi connectivity index (χ3v) is 4.51. The molecule has 3 aliphatic heterocycles. The van der Waals surface area contributed by atoms with Gasteiger partial charge >= 0.3 is 0 Å². The third-order valence-electron chi connectivity index (χ3n) is 4.09. The maximum Gasteiger partial charge on any atom is 0.280 e. The van der Waals surface area contributed by atoms with Gasteiger partial charge in [-0.2, -0.15) is 0 Å². The molecule has 134 valence electrons. The van der Waals surface area contributed by atoms with E-state index < -0.39 is 41.6 Å². The summed E-state index contributed by atoms with van der Waals surface area (Å²) in [5.41, 5.74) is -6.52. The van der Waals surface area contributed by atoms with E-state index in [1.54, 1.807) is 10.2 Å². The summed E-state index contributed by atoms with van der Waals surface area (Å²) < 4.78 is 7.06. The molecule has 3 aliphatic rings. The molecule has 0 aromatic carbocycles. The van der Waals surface area contributed by atoms with Gasteiger partial charge in [0.05, 0.1) is 13.2 Å². The Kier molecular flexibility index (Phi) is 5.37. The zero-order valence-electron chi connectivity index (χ0n) is 12.8. The van der Waals surface area contributed by atoms with Crippen molar-refractivity contribution in [2.45, 2.75) is 36.5 Å². The van der Waals surface area contributed by atoms with Gasteiger partial charge in [0.25, 0.3) is 17.5 Å². The van der Waals surface area contributed by atoms with Crippen LogP contribution >= 0.6 is 22.6 Å². The number of amides is 2. The van der Waals surface area contributed by atoms with Gasteiger partial charge in [-0.25, -0.2) is 0 Å². The highest BCUT2D eigenvalue weighted by molar-refractivity contribution is 14.1. The summed E-state index contributed by atoms with van der Waals surface area (Å²) >= 11 is 1.96. The first-order valence-electron chi connectivity index (χ1n) is 7.13. The molecule has 0 spiro atoms. The number of halogens is 1. The molecule has 0 radical (unpaired) electrons. The van der Waals surface area contributed by atoms with Gasteiger partial charge < -0.3 is 35.8 Å². The Morgan fingerprint density at radius 1 is 1.42 bits per heavy atom. The van der Waals surface area contributed by atoms with E-state index in [4.69, 9.17) is 4.74 Å². The molecule has 0 saturated carbocycles. The molecule has 24 heavy (non-hydrogen) atoms. The molecule has 6 N–H and O–H groups in total. The second-order valence-corrected chi connectivity index (χ2v) is 6.60. The van der Waals surface area contributed by atoms with Crippen molar-refractivity contribution in [2.75, 3.05) is 13.2 Å². The van der Waals surface area contributed by atoms with Crippen LogP contribution in [-0.4, -0.2) is 68.6 Å². The van der Waals surface area contributed by atoms with Crippen molar-refractivity contribution in [1.29, 1.82) is 0 Å². The number of aliphatic hydroxyl groups excluding tert-OH is 2. The van der Waals surface area contributed by atoms with E-state index in [9.17, 15) is 30.0 Å². The smallest absolute Gasteiger partial charge is 0.280 e. The Bertz CT molecular complexity index is 606. The number of hydrogen-bond acceptors (Lipinski definition) is 7. The van der Waals surface area contributed by atoms with Gasteiger partial charge in [0.2, 0.25) is 5.72 Å². The second-order valence-electron chi connectivity index (χ2n) is 5.88. The standard InChI is InChI=1S/C14H19IN2O7/c1-12(22,7-18)9(19)14-11(21)16-13(23,10(20)17-14)8(3-2-5-15)4-6-24-14/h2-3,5,9,18-19,22-23H,4,6-7H2,1H3,(H,16,21)(H,17,20)/b5-2+,8-3+/t9-,12-,13-,14+/m1/s1. The minimum Gasteiger partial charge on any atom is -0.393 e. The molecule has 10 heteroatoms. The minimum absolute atomic E-state index is 0.0981. The van der Waals surface area contributed by atoms with Gasteiger partial charge in [0.1, 0.15) is 11.7 Å². The van der Waals surface area contributed by atoms with Crippen molar-refractivity contribution >= 4 is 34.4 Å². The summed E-state index contributed by atoms with van der Waals surface area (Å²) in [6.07, 6.45) is 1.19. The number of allylic oxidation sites excluding steroid dienone is 2. The lowest BCUT2D eigenvalue weighted by molar-refractivity contribution is -0.230. The Balaban J connectivity index is 2.47. The molecule has 3 heterocycles. The molecule has 0 aliphatic carbocycles. The normalized spacial score (nSPS) is 36.0. The fourth-order valence-electron chi connectivity index (χ4n) is 2.61. The van der Waals surface area contributed by atoms with Crippen LogP contribution in [0.3, 0.4) is 0 Å². The van der Waals surface area contributed by atoms with E-state index in [-0.39, 0.29) is 18.6 Å². The molecule has 3 fully saturated rings. The first kappa shape index (κ1) is 19.3. The molecule has 9 nitrogen and oxygen atoms in total. The van der Waals surface area contributed by atoms with E-state index in [1.807, 2.05) is 22.6 Å². The van der Waals surface area contributed by atoms with E-state index in [1.165, 1.54) is 6.08 Å². The second kappa shape index (κ2) is 6.69. The highest BCUT2D eigenvalue weighted by Gasteiger charge is 2.63. The van der Waals surface area contributed by atoms with Crippen molar-refractivity contribution in [2.24, 2.45) is 0 Å². The van der Waals surface area contributed by atoms with Crippen LogP contribution in [0.5, 0.6) is 0 Å². The Morgan fingerprint density at radius 2 is 2.08 bits per heavy atom. The Hall–Kier alpha value is -1.05. The number of hydrogen-bond donors (Lipinski definition) is 6. The summed E-state index contributed by atoms with van der Waals surface area (Å²) in [6.45, 7) is 0.0963. The fraction of sp³-hybridized carbons (Fsp3) is 0.571. The van der Waals surface area contributed by atoms with Gasteiger partial charge in [-0.3, -0.25) is 9.59 Å². The van der Waals surface area contributed by atoms with Gasteiger partial charge in [-0.05, 0) is 23.0 Å². The number of nitrogens with one attached hydrogen (secondary N) is 2. The van der Waals surface area contributed by atoms with Crippen molar-refractivity contribution in [3.8, 4) is 0 Å². The number of ether oxygens (including phenoxy) is 1. The average molecular weight is 454 g/mol. The fourth-order valence-corrected chi connectivity index (χ4v) is 2.82.